The van der Waals surface area contributed by atoms with Crippen molar-refractivity contribution < 1.29 is 33.8 Å². The maximum Gasteiger partial charge on any atom is 0.264 e. The second-order valence-electron chi connectivity index (χ2n) is 15.4. The number of nitrogens with zero attached hydrogens (tertiary/aromatic N) is 3. The van der Waals surface area contributed by atoms with Crippen molar-refractivity contribution in [2.24, 2.45) is 5.92 Å². The molecule has 54 heavy (non-hydrogen) atoms. The molecule has 0 spiro atoms. The fourth-order valence-corrected chi connectivity index (χ4v) is 8.36. The summed E-state index contributed by atoms with van der Waals surface area (Å²) in [6, 6.07) is 21.2. The van der Waals surface area contributed by atoms with Crippen molar-refractivity contribution in [1.82, 2.24) is 15.1 Å². The number of benzene rings is 3. The van der Waals surface area contributed by atoms with E-state index in [1.54, 1.807) is 12.1 Å². The third-order valence-corrected chi connectivity index (χ3v) is 12.0. The number of carbonyl (C=O) groups excluding carboxylic acids is 4. The van der Waals surface area contributed by atoms with Crippen LogP contribution in [0.2, 0.25) is 0 Å². The van der Waals surface area contributed by atoms with E-state index in [1.807, 2.05) is 18.2 Å². The highest BCUT2D eigenvalue weighted by atomic mass is 35.5. The standard InChI is InChI=1S/C42H49ClN4O7/c1-42(2,29-8-12-33(13-9-29)54-26-31(48)24-43)28-6-10-32(11-7-28)53-25-27-16-20-45(21-17-27)30-18-22-46(23-19-30)35-5-3-4-34-38(35)41(52)47(40(34)51)36-14-15-37(49)44-39(36)50/h3-13,27,30-31,36,48H,14-26H2,1-2H3,(H,44,49,50)/t31-,36?/m1/s1. The van der Waals surface area contributed by atoms with Gasteiger partial charge in [0.2, 0.25) is 11.8 Å². The van der Waals surface area contributed by atoms with Crippen molar-refractivity contribution in [3.8, 4) is 11.5 Å². The van der Waals surface area contributed by atoms with E-state index in [0.29, 0.717) is 35.4 Å². The van der Waals surface area contributed by atoms with Crippen LogP contribution in [0.1, 0.15) is 84.2 Å². The molecule has 286 valence electrons. The largest absolute Gasteiger partial charge is 0.493 e. The quantitative estimate of drug-likeness (QED) is 0.191. The Kier molecular flexibility index (Phi) is 11.3. The van der Waals surface area contributed by atoms with Crippen LogP contribution in [-0.2, 0) is 15.0 Å². The number of aliphatic hydroxyl groups is 1. The molecular formula is C42H49ClN4O7. The van der Waals surface area contributed by atoms with E-state index >= 15 is 0 Å². The first-order chi connectivity index (χ1) is 26.0. The topological polar surface area (TPSA) is 129 Å². The second-order valence-corrected chi connectivity index (χ2v) is 15.8. The van der Waals surface area contributed by atoms with Gasteiger partial charge in [0.1, 0.15) is 30.3 Å². The first-order valence-corrected chi connectivity index (χ1v) is 19.6. The molecule has 4 aliphatic rings. The zero-order chi connectivity index (χ0) is 38.0. The molecule has 3 aromatic rings. The minimum absolute atomic E-state index is 0.0978. The molecule has 4 amide bonds. The number of alkyl halides is 1. The lowest BCUT2D eigenvalue weighted by Crippen LogP contribution is -2.54. The Hall–Kier alpha value is -4.45. The Bertz CT molecular complexity index is 1850. The molecule has 0 aromatic heterocycles. The molecule has 12 heteroatoms. The lowest BCUT2D eigenvalue weighted by atomic mass is 9.78. The van der Waals surface area contributed by atoms with Gasteiger partial charge in [0.25, 0.3) is 11.8 Å². The third kappa shape index (κ3) is 7.85. The van der Waals surface area contributed by atoms with Crippen LogP contribution in [0.5, 0.6) is 11.5 Å². The van der Waals surface area contributed by atoms with Crippen molar-refractivity contribution >= 4 is 40.9 Å². The van der Waals surface area contributed by atoms with Crippen LogP contribution in [-0.4, -0.2) is 102 Å². The van der Waals surface area contributed by atoms with Crippen LogP contribution < -0.4 is 19.7 Å². The van der Waals surface area contributed by atoms with Gasteiger partial charge in [-0.2, -0.15) is 0 Å². The summed E-state index contributed by atoms with van der Waals surface area (Å²) in [6.45, 7) is 8.85. The Morgan fingerprint density at radius 1 is 0.815 bits per heavy atom. The lowest BCUT2D eigenvalue weighted by Gasteiger charge is -2.42. The molecule has 3 saturated heterocycles. The minimum Gasteiger partial charge on any atom is -0.493 e. The molecule has 0 aliphatic carbocycles. The van der Waals surface area contributed by atoms with E-state index in [9.17, 15) is 24.3 Å². The zero-order valence-electron chi connectivity index (χ0n) is 31.0. The van der Waals surface area contributed by atoms with Crippen molar-refractivity contribution in [3.63, 3.8) is 0 Å². The van der Waals surface area contributed by atoms with E-state index < -0.39 is 29.9 Å². The number of rotatable bonds is 12. The number of anilines is 1. The van der Waals surface area contributed by atoms with Gasteiger partial charge in [0.15, 0.2) is 0 Å². The maximum atomic E-state index is 13.6. The van der Waals surface area contributed by atoms with E-state index in [-0.39, 0.29) is 36.7 Å². The monoisotopic (exact) mass is 756 g/mol. The number of piperidine rings is 3. The molecule has 11 nitrogen and oxygen atoms in total. The SMILES string of the molecule is CC(C)(c1ccc(OCC2CCN(C3CCN(c4cccc5c4C(=O)N(C4CCC(=O)NC4=O)C5=O)CC3)CC2)cc1)c1ccc(OC[C@H](O)CCl)cc1. The first kappa shape index (κ1) is 37.8. The normalized spacial score (nSPS) is 20.9. The second kappa shape index (κ2) is 16.1. The van der Waals surface area contributed by atoms with Crippen LogP contribution >= 0.6 is 11.6 Å². The van der Waals surface area contributed by atoms with Crippen molar-refractivity contribution in [1.29, 1.82) is 0 Å². The number of nitrogens with one attached hydrogen (secondary N) is 1. The summed E-state index contributed by atoms with van der Waals surface area (Å²) >= 11 is 5.66. The molecule has 0 bridgehead atoms. The molecule has 4 aliphatic heterocycles. The van der Waals surface area contributed by atoms with E-state index in [1.165, 1.54) is 5.56 Å². The maximum absolute atomic E-state index is 13.6. The summed E-state index contributed by atoms with van der Waals surface area (Å²) in [4.78, 5) is 57.0. The predicted molar refractivity (Wildman–Crippen MR) is 205 cm³/mol. The highest BCUT2D eigenvalue weighted by Crippen LogP contribution is 2.37. The van der Waals surface area contributed by atoms with E-state index in [2.05, 4.69) is 65.4 Å². The summed E-state index contributed by atoms with van der Waals surface area (Å²) < 4.78 is 11.9. The summed E-state index contributed by atoms with van der Waals surface area (Å²) in [5.74, 6) is 0.295. The number of aliphatic hydroxyl groups excluding tert-OH is 1. The number of likely N-dealkylation sites (tertiary alicyclic amines) is 1. The predicted octanol–water partition coefficient (Wildman–Crippen LogP) is 5.15. The fourth-order valence-electron chi connectivity index (χ4n) is 8.27. The lowest BCUT2D eigenvalue weighted by molar-refractivity contribution is -0.136. The summed E-state index contributed by atoms with van der Waals surface area (Å²) in [5, 5.41) is 11.9. The average molecular weight is 757 g/mol. The smallest absolute Gasteiger partial charge is 0.264 e. The first-order valence-electron chi connectivity index (χ1n) is 19.1. The van der Waals surface area contributed by atoms with Gasteiger partial charge in [-0.3, -0.25) is 29.4 Å². The summed E-state index contributed by atoms with van der Waals surface area (Å²) in [5.41, 5.74) is 3.56. The number of imide groups is 2. The minimum atomic E-state index is -0.971. The Balaban J connectivity index is 0.869. The van der Waals surface area contributed by atoms with Gasteiger partial charge in [-0.25, -0.2) is 0 Å². The van der Waals surface area contributed by atoms with Crippen LogP contribution in [0.25, 0.3) is 0 Å². The Labute approximate surface area is 321 Å². The van der Waals surface area contributed by atoms with Gasteiger partial charge in [-0.1, -0.05) is 44.2 Å². The van der Waals surface area contributed by atoms with Crippen molar-refractivity contribution in [2.45, 2.75) is 76.0 Å². The molecule has 1 unspecified atom stereocenters. The average Bonchev–Trinajstić information content (AvgIpc) is 3.45. The number of fused-ring (bicyclic) bond motifs is 1. The van der Waals surface area contributed by atoms with Gasteiger partial charge in [-0.05, 0) is 98.6 Å². The number of carbonyl (C=O) groups is 4. The van der Waals surface area contributed by atoms with Gasteiger partial charge in [0.05, 0.1) is 29.3 Å². The molecule has 0 radical (unpaired) electrons. The molecule has 2 N–H and O–H groups in total. The van der Waals surface area contributed by atoms with Crippen molar-refractivity contribution in [3.05, 3.63) is 89.0 Å². The Morgan fingerprint density at radius 2 is 1.44 bits per heavy atom. The molecule has 3 aromatic carbocycles. The van der Waals surface area contributed by atoms with E-state index in [4.69, 9.17) is 21.1 Å². The highest BCUT2D eigenvalue weighted by molar-refractivity contribution is 6.25. The number of hydrogen-bond acceptors (Lipinski definition) is 9. The molecule has 2 atom stereocenters. The Morgan fingerprint density at radius 3 is 2.06 bits per heavy atom. The van der Waals surface area contributed by atoms with Crippen LogP contribution in [0.15, 0.2) is 66.7 Å². The van der Waals surface area contributed by atoms with E-state index in [0.717, 1.165) is 73.8 Å². The van der Waals surface area contributed by atoms with Gasteiger partial charge in [-0.15, -0.1) is 11.6 Å². The molecule has 3 fully saturated rings. The summed E-state index contributed by atoms with van der Waals surface area (Å²) in [6.07, 6.45) is 3.63. The fraction of sp³-hybridized carbons (Fsp3) is 0.476. The van der Waals surface area contributed by atoms with Crippen LogP contribution in [0.3, 0.4) is 0 Å². The number of ether oxygens (including phenoxy) is 2. The summed E-state index contributed by atoms with van der Waals surface area (Å²) in [7, 11) is 0. The van der Waals surface area contributed by atoms with Crippen LogP contribution in [0.4, 0.5) is 5.69 Å². The molecule has 7 rings (SSSR count). The number of halogens is 1. The highest BCUT2D eigenvalue weighted by Gasteiger charge is 2.46. The third-order valence-electron chi connectivity index (χ3n) is 11.7. The van der Waals surface area contributed by atoms with Crippen LogP contribution in [0, 0.1) is 5.92 Å². The van der Waals surface area contributed by atoms with Gasteiger partial charge >= 0.3 is 0 Å². The molecule has 4 heterocycles. The molecular weight excluding hydrogens is 708 g/mol. The number of amides is 4. The van der Waals surface area contributed by atoms with Crippen molar-refractivity contribution in [2.75, 3.05) is 50.2 Å². The number of hydrogen-bond donors (Lipinski definition) is 2. The van der Waals surface area contributed by atoms with Gasteiger partial charge < -0.3 is 24.4 Å². The zero-order valence-corrected chi connectivity index (χ0v) is 31.7. The molecule has 0 saturated carbocycles. The van der Waals surface area contributed by atoms with Gasteiger partial charge in [0, 0.05) is 31.0 Å².